The van der Waals surface area contributed by atoms with Crippen LogP contribution in [0.3, 0.4) is 0 Å². The molecule has 2 aliphatic heterocycles. The maximum Gasteiger partial charge on any atom is 0.411 e. The highest BCUT2D eigenvalue weighted by Gasteiger charge is 2.41. The highest BCUT2D eigenvalue weighted by Crippen LogP contribution is 2.37. The van der Waals surface area contributed by atoms with Crippen molar-refractivity contribution in [3.8, 4) is 0 Å². The number of carbonyl (C=O) groups is 2. The Morgan fingerprint density at radius 2 is 2.00 bits per heavy atom. The fraction of sp³-hybridized carbons (Fsp3) is 0.846. The zero-order chi connectivity index (χ0) is 15.5. The van der Waals surface area contributed by atoms with Crippen LogP contribution in [0.4, 0.5) is 13.2 Å². The maximum absolute atomic E-state index is 11.9. The first-order valence-electron chi connectivity index (χ1n) is 6.99. The van der Waals surface area contributed by atoms with Gasteiger partial charge in [-0.2, -0.15) is 13.2 Å². The summed E-state index contributed by atoms with van der Waals surface area (Å²) in [5, 5.41) is 2.81. The van der Waals surface area contributed by atoms with Gasteiger partial charge in [-0.05, 0) is 18.3 Å². The van der Waals surface area contributed by atoms with Gasteiger partial charge in [0.15, 0.2) is 0 Å². The first-order valence-corrected chi connectivity index (χ1v) is 6.99. The monoisotopic (exact) mass is 308 g/mol. The molecule has 8 heteroatoms. The van der Waals surface area contributed by atoms with Crippen LogP contribution in [0.15, 0.2) is 0 Å². The van der Waals surface area contributed by atoms with Crippen molar-refractivity contribution in [2.45, 2.75) is 31.9 Å². The van der Waals surface area contributed by atoms with Gasteiger partial charge in [0.1, 0.15) is 6.61 Å². The maximum atomic E-state index is 11.9. The second-order valence-electron chi connectivity index (χ2n) is 5.75. The van der Waals surface area contributed by atoms with Gasteiger partial charge >= 0.3 is 6.18 Å². The van der Waals surface area contributed by atoms with E-state index in [1.165, 1.54) is 0 Å². The molecule has 0 aromatic rings. The number of alkyl halides is 3. The summed E-state index contributed by atoms with van der Waals surface area (Å²) in [5.41, 5.74) is -0.0410. The van der Waals surface area contributed by atoms with Gasteiger partial charge in [-0.15, -0.1) is 0 Å². The summed E-state index contributed by atoms with van der Waals surface area (Å²) in [4.78, 5) is 24.8. The van der Waals surface area contributed by atoms with Crippen LogP contribution in [0, 0.1) is 5.41 Å². The lowest BCUT2D eigenvalue weighted by atomic mass is 9.77. The summed E-state index contributed by atoms with van der Waals surface area (Å²) in [7, 11) is 0. The van der Waals surface area contributed by atoms with Crippen LogP contribution in [0.2, 0.25) is 0 Å². The van der Waals surface area contributed by atoms with Gasteiger partial charge in [0.25, 0.3) is 0 Å². The summed E-state index contributed by atoms with van der Waals surface area (Å²) in [6.45, 7) is 0.208. The van der Waals surface area contributed by atoms with Crippen LogP contribution >= 0.6 is 0 Å². The molecule has 21 heavy (non-hydrogen) atoms. The van der Waals surface area contributed by atoms with E-state index in [1.54, 1.807) is 4.90 Å². The first kappa shape index (κ1) is 16.1. The van der Waals surface area contributed by atoms with Crippen molar-refractivity contribution in [2.24, 2.45) is 5.41 Å². The molecule has 5 nitrogen and oxygen atoms in total. The number of carbonyl (C=O) groups excluding carboxylic acids is 2. The van der Waals surface area contributed by atoms with Crippen molar-refractivity contribution in [1.82, 2.24) is 10.2 Å². The van der Waals surface area contributed by atoms with E-state index < -0.39 is 12.8 Å². The third-order valence-electron chi connectivity index (χ3n) is 4.10. The first-order chi connectivity index (χ1) is 9.80. The number of rotatable bonds is 4. The molecule has 0 unspecified atom stereocenters. The molecule has 2 aliphatic rings. The second-order valence-corrected chi connectivity index (χ2v) is 5.75. The van der Waals surface area contributed by atoms with Gasteiger partial charge in [-0.1, -0.05) is 0 Å². The average molecular weight is 308 g/mol. The van der Waals surface area contributed by atoms with Gasteiger partial charge in [0.2, 0.25) is 11.8 Å². The van der Waals surface area contributed by atoms with E-state index in [0.717, 1.165) is 12.8 Å². The summed E-state index contributed by atoms with van der Waals surface area (Å²) >= 11 is 0. The van der Waals surface area contributed by atoms with Gasteiger partial charge < -0.3 is 15.0 Å². The Balaban J connectivity index is 1.67. The molecule has 0 bridgehead atoms. The van der Waals surface area contributed by atoms with Gasteiger partial charge in [-0.25, -0.2) is 0 Å². The number of hydrogen-bond acceptors (Lipinski definition) is 3. The highest BCUT2D eigenvalue weighted by molar-refractivity contribution is 5.79. The fourth-order valence-corrected chi connectivity index (χ4v) is 2.84. The largest absolute Gasteiger partial charge is 0.411 e. The van der Waals surface area contributed by atoms with Gasteiger partial charge in [0.05, 0.1) is 13.0 Å². The van der Waals surface area contributed by atoms with E-state index in [9.17, 15) is 22.8 Å². The molecule has 2 saturated heterocycles. The Morgan fingerprint density at radius 3 is 2.52 bits per heavy atom. The van der Waals surface area contributed by atoms with Crippen LogP contribution in [0.25, 0.3) is 0 Å². The number of nitrogens with one attached hydrogen (secondary N) is 1. The zero-order valence-electron chi connectivity index (χ0n) is 11.7. The Morgan fingerprint density at radius 1 is 1.33 bits per heavy atom. The molecule has 0 aromatic heterocycles. The molecule has 2 fully saturated rings. The van der Waals surface area contributed by atoms with Crippen LogP contribution in [0.5, 0.6) is 0 Å². The molecule has 0 aliphatic carbocycles. The van der Waals surface area contributed by atoms with Crippen LogP contribution in [-0.4, -0.2) is 55.7 Å². The molecule has 2 amide bonds. The molecule has 2 heterocycles. The SMILES string of the molecule is O=C1CC2(CCN(C(=O)CCOCC(F)(F)F)CC2)CN1. The minimum Gasteiger partial charge on any atom is -0.372 e. The van der Waals surface area contributed by atoms with Gasteiger partial charge in [-0.3, -0.25) is 9.59 Å². The Bertz CT molecular complexity index is 404. The van der Waals surface area contributed by atoms with E-state index in [-0.39, 0.29) is 30.3 Å². The quantitative estimate of drug-likeness (QED) is 0.791. The summed E-state index contributed by atoms with van der Waals surface area (Å²) in [6.07, 6.45) is -2.39. The molecular weight excluding hydrogens is 289 g/mol. The number of nitrogens with zero attached hydrogens (tertiary/aromatic N) is 1. The molecule has 1 N–H and O–H groups in total. The summed E-state index contributed by atoms with van der Waals surface area (Å²) in [5.74, 6) is -0.139. The third-order valence-corrected chi connectivity index (χ3v) is 4.10. The smallest absolute Gasteiger partial charge is 0.372 e. The molecule has 120 valence electrons. The zero-order valence-corrected chi connectivity index (χ0v) is 11.7. The van der Waals surface area contributed by atoms with Gasteiger partial charge in [0, 0.05) is 26.1 Å². The molecule has 0 aromatic carbocycles. The molecule has 0 saturated carbocycles. The topological polar surface area (TPSA) is 58.6 Å². The molecule has 0 atom stereocenters. The lowest BCUT2D eigenvalue weighted by Crippen LogP contribution is -2.44. The number of halogens is 3. The van der Waals surface area contributed by atoms with E-state index in [0.29, 0.717) is 26.1 Å². The predicted molar refractivity (Wildman–Crippen MR) is 67.4 cm³/mol. The van der Waals surface area contributed by atoms with Crippen LogP contribution < -0.4 is 5.32 Å². The molecule has 1 spiro atoms. The lowest BCUT2D eigenvalue weighted by molar-refractivity contribution is -0.175. The number of piperidine rings is 1. The average Bonchev–Trinajstić information content (AvgIpc) is 2.75. The van der Waals surface area contributed by atoms with Crippen molar-refractivity contribution < 1.29 is 27.5 Å². The van der Waals surface area contributed by atoms with E-state index >= 15 is 0 Å². The van der Waals surface area contributed by atoms with Crippen molar-refractivity contribution in [2.75, 3.05) is 32.8 Å². The number of likely N-dealkylation sites (tertiary alicyclic amines) is 1. The second kappa shape index (κ2) is 6.21. The Hall–Kier alpha value is -1.31. The molecule has 2 rings (SSSR count). The lowest BCUT2D eigenvalue weighted by Gasteiger charge is -2.38. The van der Waals surface area contributed by atoms with Crippen molar-refractivity contribution in [1.29, 1.82) is 0 Å². The standard InChI is InChI=1S/C13H19F3N2O3/c14-13(15,16)9-21-6-1-11(20)18-4-2-12(3-5-18)7-10(19)17-8-12/h1-9H2,(H,17,19). The Kier molecular flexibility index (Phi) is 4.75. The summed E-state index contributed by atoms with van der Waals surface area (Å²) < 4.78 is 40.1. The molecule has 0 radical (unpaired) electrons. The molecular formula is C13H19F3N2O3. The Labute approximate surface area is 120 Å². The highest BCUT2D eigenvalue weighted by atomic mass is 19.4. The normalized spacial score (nSPS) is 21.7. The van der Waals surface area contributed by atoms with E-state index in [4.69, 9.17) is 0 Å². The minimum absolute atomic E-state index is 0.0410. The van der Waals surface area contributed by atoms with E-state index in [1.807, 2.05) is 0 Å². The predicted octanol–water partition coefficient (Wildman–Crippen LogP) is 1.08. The number of amides is 2. The van der Waals surface area contributed by atoms with Crippen molar-refractivity contribution >= 4 is 11.8 Å². The van der Waals surface area contributed by atoms with Crippen molar-refractivity contribution in [3.05, 3.63) is 0 Å². The summed E-state index contributed by atoms with van der Waals surface area (Å²) in [6, 6.07) is 0. The van der Waals surface area contributed by atoms with E-state index in [2.05, 4.69) is 10.1 Å². The van der Waals surface area contributed by atoms with Crippen LogP contribution in [-0.2, 0) is 14.3 Å². The number of ether oxygens (including phenoxy) is 1. The number of hydrogen-bond donors (Lipinski definition) is 1. The third kappa shape index (κ3) is 4.59. The minimum atomic E-state index is -4.36. The fourth-order valence-electron chi connectivity index (χ4n) is 2.84. The van der Waals surface area contributed by atoms with Crippen molar-refractivity contribution in [3.63, 3.8) is 0 Å². The van der Waals surface area contributed by atoms with Crippen LogP contribution in [0.1, 0.15) is 25.7 Å².